The smallest absolute Gasteiger partial charge is 0.0963 e. The maximum atomic E-state index is 4.86. The quantitative estimate of drug-likeness (QED) is 0.174. The molecule has 8 aromatic carbocycles. The first-order valence-electron chi connectivity index (χ1n) is 19.5. The van der Waals surface area contributed by atoms with Crippen LogP contribution in [0, 0.1) is 0 Å². The van der Waals surface area contributed by atoms with Crippen molar-refractivity contribution in [1.82, 2.24) is 18.7 Å². The molecule has 0 N–H and O–H groups in total. The van der Waals surface area contributed by atoms with Crippen LogP contribution in [0.1, 0.15) is 0 Å². The molecule has 0 aliphatic rings. The largest absolute Gasteiger partial charge is 0.309 e. The Morgan fingerprint density at radius 2 is 0.754 bits per heavy atom. The summed E-state index contributed by atoms with van der Waals surface area (Å²) in [5.41, 5.74) is 16.2. The summed E-state index contributed by atoms with van der Waals surface area (Å²) in [6.45, 7) is 0. The average molecular weight is 727 g/mol. The standard InChI is InChI=1S/C53H34N4/c1-4-16-39(17-5-1)55-45-23-11-10-22-42(45)51-47(55)29-30-48-52(51)43-27-25-38(34-50(43)57(48)41-20-8-3-9-21-41)36-15-12-14-35(32-36)37-26-28-46-44(33-37)53-49(24-13-31-54-53)56(46)40-18-6-2-7-19-40/h1-34H. The molecule has 0 unspecified atom stereocenters. The highest BCUT2D eigenvalue weighted by Crippen LogP contribution is 2.43. The number of para-hydroxylation sites is 4. The number of aromatic nitrogens is 4. The van der Waals surface area contributed by atoms with Gasteiger partial charge < -0.3 is 13.7 Å². The summed E-state index contributed by atoms with van der Waals surface area (Å²) in [5, 5.41) is 6.19. The van der Waals surface area contributed by atoms with E-state index >= 15 is 0 Å². The van der Waals surface area contributed by atoms with E-state index in [-0.39, 0.29) is 0 Å². The number of pyridine rings is 1. The van der Waals surface area contributed by atoms with Crippen LogP contribution in [0.3, 0.4) is 0 Å². The SMILES string of the molecule is c1ccc(-n2c3ccc(-c4cccc(-c5ccc6c7c8c9ccccc9n(-c9ccccc9)c8ccc7n(-c7ccccc7)c6c5)c4)cc3c3ncccc32)cc1. The molecule has 12 aromatic rings. The van der Waals surface area contributed by atoms with Gasteiger partial charge >= 0.3 is 0 Å². The number of hydrogen-bond acceptors (Lipinski definition) is 1. The van der Waals surface area contributed by atoms with E-state index in [1.807, 2.05) is 12.3 Å². The van der Waals surface area contributed by atoms with Gasteiger partial charge in [0, 0.05) is 50.2 Å². The van der Waals surface area contributed by atoms with Gasteiger partial charge in [-0.05, 0) is 113 Å². The minimum absolute atomic E-state index is 1.01. The molecular weight excluding hydrogens is 693 g/mol. The molecule has 4 heteroatoms. The molecule has 4 nitrogen and oxygen atoms in total. The molecule has 12 rings (SSSR count). The van der Waals surface area contributed by atoms with E-state index in [4.69, 9.17) is 4.98 Å². The highest BCUT2D eigenvalue weighted by Gasteiger charge is 2.21. The Bertz CT molecular complexity index is 3500. The molecule has 266 valence electrons. The molecule has 0 radical (unpaired) electrons. The van der Waals surface area contributed by atoms with Gasteiger partial charge in [-0.1, -0.05) is 109 Å². The molecule has 0 fully saturated rings. The topological polar surface area (TPSA) is 27.7 Å². The van der Waals surface area contributed by atoms with Crippen molar-refractivity contribution in [3.63, 3.8) is 0 Å². The molecule has 4 heterocycles. The molecule has 57 heavy (non-hydrogen) atoms. The highest BCUT2D eigenvalue weighted by atomic mass is 15.0. The molecule has 0 bridgehead atoms. The molecule has 0 atom stereocenters. The van der Waals surface area contributed by atoms with E-state index in [0.29, 0.717) is 0 Å². The third-order valence-electron chi connectivity index (χ3n) is 11.7. The Kier molecular flexibility index (Phi) is 6.89. The van der Waals surface area contributed by atoms with Gasteiger partial charge in [0.25, 0.3) is 0 Å². The van der Waals surface area contributed by atoms with Crippen molar-refractivity contribution in [2.75, 3.05) is 0 Å². The predicted molar refractivity (Wildman–Crippen MR) is 238 cm³/mol. The Morgan fingerprint density at radius 3 is 1.42 bits per heavy atom. The predicted octanol–water partition coefficient (Wildman–Crippen LogP) is 13.7. The molecule has 0 amide bonds. The van der Waals surface area contributed by atoms with Crippen molar-refractivity contribution in [1.29, 1.82) is 0 Å². The Balaban J connectivity index is 1.06. The van der Waals surface area contributed by atoms with Crippen LogP contribution < -0.4 is 0 Å². The zero-order chi connectivity index (χ0) is 37.5. The normalized spacial score (nSPS) is 11.9. The summed E-state index contributed by atoms with van der Waals surface area (Å²) >= 11 is 0. The minimum Gasteiger partial charge on any atom is -0.309 e. The minimum atomic E-state index is 1.01. The van der Waals surface area contributed by atoms with E-state index in [9.17, 15) is 0 Å². The van der Waals surface area contributed by atoms with Crippen molar-refractivity contribution in [3.8, 4) is 39.3 Å². The number of hydrogen-bond donors (Lipinski definition) is 0. The van der Waals surface area contributed by atoms with Crippen LogP contribution in [-0.4, -0.2) is 18.7 Å². The lowest BCUT2D eigenvalue weighted by atomic mass is 9.97. The van der Waals surface area contributed by atoms with Crippen molar-refractivity contribution < 1.29 is 0 Å². The second-order valence-corrected chi connectivity index (χ2v) is 14.8. The van der Waals surface area contributed by atoms with Crippen LogP contribution in [0.4, 0.5) is 0 Å². The van der Waals surface area contributed by atoms with Gasteiger partial charge in [-0.2, -0.15) is 0 Å². The van der Waals surface area contributed by atoms with Gasteiger partial charge in [0.05, 0.1) is 38.6 Å². The van der Waals surface area contributed by atoms with Crippen molar-refractivity contribution in [3.05, 3.63) is 206 Å². The molecule has 0 saturated carbocycles. The number of nitrogens with zero attached hydrogens (tertiary/aromatic N) is 4. The first-order chi connectivity index (χ1) is 28.3. The Morgan fingerprint density at radius 1 is 0.281 bits per heavy atom. The molecule has 0 saturated heterocycles. The third-order valence-corrected chi connectivity index (χ3v) is 11.7. The van der Waals surface area contributed by atoms with E-state index in [0.717, 1.165) is 39.0 Å². The Hall–Kier alpha value is -7.69. The maximum Gasteiger partial charge on any atom is 0.0963 e. The number of fused-ring (bicyclic) bond motifs is 10. The van der Waals surface area contributed by atoms with E-state index in [1.165, 1.54) is 65.9 Å². The fourth-order valence-electron chi connectivity index (χ4n) is 9.20. The Labute approximate surface area is 328 Å². The lowest BCUT2D eigenvalue weighted by Gasteiger charge is -2.10. The number of rotatable bonds is 5. The van der Waals surface area contributed by atoms with Gasteiger partial charge in [-0.25, -0.2) is 0 Å². The molecule has 4 aromatic heterocycles. The summed E-state index contributed by atoms with van der Waals surface area (Å²) in [6, 6.07) is 72.4. The fourth-order valence-corrected chi connectivity index (χ4v) is 9.20. The van der Waals surface area contributed by atoms with Gasteiger partial charge in [-0.15, -0.1) is 0 Å². The van der Waals surface area contributed by atoms with Gasteiger partial charge in [0.2, 0.25) is 0 Å². The second-order valence-electron chi connectivity index (χ2n) is 14.8. The summed E-state index contributed by atoms with van der Waals surface area (Å²) < 4.78 is 7.16. The van der Waals surface area contributed by atoms with Crippen molar-refractivity contribution in [2.24, 2.45) is 0 Å². The molecule has 0 aliphatic carbocycles. The zero-order valence-electron chi connectivity index (χ0n) is 30.9. The maximum absolute atomic E-state index is 4.86. The summed E-state index contributed by atoms with van der Waals surface area (Å²) in [4.78, 5) is 4.86. The van der Waals surface area contributed by atoms with E-state index in [2.05, 4.69) is 208 Å². The lowest BCUT2D eigenvalue weighted by Crippen LogP contribution is -1.94. The third kappa shape index (κ3) is 4.77. The summed E-state index contributed by atoms with van der Waals surface area (Å²) in [7, 11) is 0. The fraction of sp³-hybridized carbons (Fsp3) is 0. The summed E-state index contributed by atoms with van der Waals surface area (Å²) in [6.07, 6.45) is 1.89. The van der Waals surface area contributed by atoms with E-state index in [1.54, 1.807) is 0 Å². The van der Waals surface area contributed by atoms with Gasteiger partial charge in [-0.3, -0.25) is 4.98 Å². The van der Waals surface area contributed by atoms with E-state index < -0.39 is 0 Å². The van der Waals surface area contributed by atoms with Crippen molar-refractivity contribution >= 4 is 65.5 Å². The van der Waals surface area contributed by atoms with Gasteiger partial charge in [0.1, 0.15) is 0 Å². The van der Waals surface area contributed by atoms with Crippen LogP contribution in [0.15, 0.2) is 206 Å². The highest BCUT2D eigenvalue weighted by molar-refractivity contribution is 6.29. The van der Waals surface area contributed by atoms with Crippen LogP contribution >= 0.6 is 0 Å². The van der Waals surface area contributed by atoms with Crippen LogP contribution in [0.2, 0.25) is 0 Å². The van der Waals surface area contributed by atoms with Crippen molar-refractivity contribution in [2.45, 2.75) is 0 Å². The van der Waals surface area contributed by atoms with Crippen LogP contribution in [0.5, 0.6) is 0 Å². The van der Waals surface area contributed by atoms with Gasteiger partial charge in [0.15, 0.2) is 0 Å². The molecular formula is C53H34N4. The summed E-state index contributed by atoms with van der Waals surface area (Å²) in [5.74, 6) is 0. The first-order valence-corrected chi connectivity index (χ1v) is 19.5. The first kappa shape index (κ1) is 31.6. The average Bonchev–Trinajstić information content (AvgIpc) is 3.92. The molecule has 0 spiro atoms. The van der Waals surface area contributed by atoms with Crippen LogP contribution in [-0.2, 0) is 0 Å². The molecule has 0 aliphatic heterocycles. The second kappa shape index (κ2) is 12.4. The monoisotopic (exact) mass is 726 g/mol. The lowest BCUT2D eigenvalue weighted by molar-refractivity contribution is 1.17. The number of benzene rings is 8. The van der Waals surface area contributed by atoms with Crippen LogP contribution in [0.25, 0.3) is 105 Å². The zero-order valence-corrected chi connectivity index (χ0v) is 30.9.